The molecule has 5 nitrogen and oxygen atoms in total. The molecule has 0 atom stereocenters. The smallest absolute Gasteiger partial charge is 0.227 e. The van der Waals surface area contributed by atoms with E-state index in [9.17, 15) is 0 Å². The van der Waals surface area contributed by atoms with Crippen LogP contribution < -0.4 is 5.32 Å². The highest BCUT2D eigenvalue weighted by atomic mass is 16.5. The Morgan fingerprint density at radius 1 is 0.929 bits per heavy atom. The van der Waals surface area contributed by atoms with Crippen LogP contribution in [0, 0.1) is 6.92 Å². The number of nitrogens with zero attached hydrogens (tertiary/aromatic N) is 2. The van der Waals surface area contributed by atoms with E-state index in [-0.39, 0.29) is 0 Å². The molecule has 142 valence electrons. The predicted molar refractivity (Wildman–Crippen MR) is 110 cm³/mol. The Morgan fingerprint density at radius 2 is 1.79 bits per heavy atom. The molecule has 0 saturated heterocycles. The highest BCUT2D eigenvalue weighted by Gasteiger charge is 2.06. The minimum absolute atomic E-state index is 0.554. The SMILES string of the molecule is Cc1ccc2cc1COC/C=C/COCc1cccc(c1)-c1ccnc(n1)N2. The van der Waals surface area contributed by atoms with Gasteiger partial charge in [-0.15, -0.1) is 0 Å². The fourth-order valence-electron chi connectivity index (χ4n) is 3.05. The summed E-state index contributed by atoms with van der Waals surface area (Å²) in [7, 11) is 0. The minimum atomic E-state index is 0.554. The van der Waals surface area contributed by atoms with Crippen molar-refractivity contribution in [3.8, 4) is 11.3 Å². The number of benzene rings is 2. The van der Waals surface area contributed by atoms with Gasteiger partial charge in [0.15, 0.2) is 0 Å². The Morgan fingerprint density at radius 3 is 2.68 bits per heavy atom. The number of fused-ring (bicyclic) bond motifs is 7. The second kappa shape index (κ2) is 8.78. The zero-order valence-electron chi connectivity index (χ0n) is 15.9. The van der Waals surface area contributed by atoms with Crippen molar-refractivity contribution in [2.45, 2.75) is 20.1 Å². The molecule has 1 N–H and O–H groups in total. The van der Waals surface area contributed by atoms with Gasteiger partial charge in [-0.2, -0.15) is 0 Å². The molecule has 1 aromatic heterocycles. The Balaban J connectivity index is 1.68. The molecule has 0 saturated carbocycles. The molecule has 3 aromatic rings. The lowest BCUT2D eigenvalue weighted by atomic mass is 10.1. The van der Waals surface area contributed by atoms with Crippen LogP contribution in [0.4, 0.5) is 11.6 Å². The standard InChI is InChI=1S/C23H23N3O2/c1-17-7-8-21-14-20(17)16-28-12-3-2-11-27-15-18-5-4-6-19(13-18)22-9-10-24-23(25-21)26-22/h2-10,13-14H,11-12,15-16H2,1H3,(H,24,25,26)/b3-2+. The maximum atomic E-state index is 5.78. The summed E-state index contributed by atoms with van der Waals surface area (Å²) in [6, 6.07) is 16.4. The van der Waals surface area contributed by atoms with E-state index in [1.807, 2.05) is 30.4 Å². The summed E-state index contributed by atoms with van der Waals surface area (Å²) in [5, 5.41) is 3.31. The lowest BCUT2D eigenvalue weighted by Gasteiger charge is -2.11. The van der Waals surface area contributed by atoms with Crippen LogP contribution in [0.3, 0.4) is 0 Å². The van der Waals surface area contributed by atoms with Crippen LogP contribution >= 0.6 is 0 Å². The highest BCUT2D eigenvalue weighted by Crippen LogP contribution is 2.22. The second-order valence-electron chi connectivity index (χ2n) is 6.73. The number of ether oxygens (including phenoxy) is 2. The number of anilines is 2. The molecule has 0 fully saturated rings. The average molecular weight is 373 g/mol. The highest BCUT2D eigenvalue weighted by molar-refractivity contribution is 5.63. The first kappa shape index (κ1) is 18.3. The summed E-state index contributed by atoms with van der Waals surface area (Å²) < 4.78 is 11.5. The number of hydrogen-bond donors (Lipinski definition) is 1. The Kier molecular flexibility index (Phi) is 5.75. The van der Waals surface area contributed by atoms with Gasteiger partial charge in [0, 0.05) is 17.4 Å². The maximum Gasteiger partial charge on any atom is 0.227 e. The van der Waals surface area contributed by atoms with Crippen molar-refractivity contribution < 1.29 is 9.47 Å². The first-order chi connectivity index (χ1) is 13.8. The normalized spacial score (nSPS) is 15.8. The fourth-order valence-corrected chi connectivity index (χ4v) is 3.05. The van der Waals surface area contributed by atoms with E-state index in [0.717, 1.165) is 28.1 Å². The number of hydrogen-bond acceptors (Lipinski definition) is 5. The number of rotatable bonds is 0. The first-order valence-electron chi connectivity index (χ1n) is 9.37. The quantitative estimate of drug-likeness (QED) is 0.574. The first-order valence-corrected chi connectivity index (χ1v) is 9.37. The van der Waals surface area contributed by atoms with Gasteiger partial charge in [-0.3, -0.25) is 0 Å². The summed E-state index contributed by atoms with van der Waals surface area (Å²) in [4.78, 5) is 9.05. The van der Waals surface area contributed by atoms with Crippen LogP contribution in [0.15, 0.2) is 66.9 Å². The molecular weight excluding hydrogens is 350 g/mol. The van der Waals surface area contributed by atoms with Gasteiger partial charge >= 0.3 is 0 Å². The zero-order valence-corrected chi connectivity index (χ0v) is 15.9. The molecule has 2 aromatic carbocycles. The van der Waals surface area contributed by atoms with Crippen molar-refractivity contribution in [2.75, 3.05) is 18.5 Å². The van der Waals surface area contributed by atoms with E-state index in [2.05, 4.69) is 52.5 Å². The van der Waals surface area contributed by atoms with Crippen molar-refractivity contribution >= 4 is 11.6 Å². The van der Waals surface area contributed by atoms with Crippen molar-refractivity contribution in [1.29, 1.82) is 0 Å². The third kappa shape index (κ3) is 4.63. The molecule has 0 spiro atoms. The van der Waals surface area contributed by atoms with Gasteiger partial charge in [-0.05, 0) is 47.9 Å². The lowest BCUT2D eigenvalue weighted by molar-refractivity contribution is 0.140. The average Bonchev–Trinajstić information content (AvgIpc) is 2.72. The van der Waals surface area contributed by atoms with Crippen LogP contribution in [-0.2, 0) is 22.7 Å². The number of nitrogens with one attached hydrogen (secondary N) is 1. The second-order valence-corrected chi connectivity index (χ2v) is 6.73. The monoisotopic (exact) mass is 373 g/mol. The molecule has 1 aliphatic rings. The van der Waals surface area contributed by atoms with Gasteiger partial charge in [0.2, 0.25) is 5.95 Å². The molecule has 6 bridgehead atoms. The van der Waals surface area contributed by atoms with Crippen LogP contribution in [0.1, 0.15) is 16.7 Å². The Bertz CT molecular complexity index is 985. The van der Waals surface area contributed by atoms with E-state index in [1.165, 1.54) is 5.56 Å². The molecule has 1 aliphatic heterocycles. The summed E-state index contributed by atoms with van der Waals surface area (Å²) in [5.41, 5.74) is 6.30. The Labute approximate surface area is 165 Å². The molecule has 2 heterocycles. The molecule has 4 rings (SSSR count). The molecule has 0 radical (unpaired) electrons. The third-order valence-corrected chi connectivity index (χ3v) is 4.60. The van der Waals surface area contributed by atoms with E-state index in [4.69, 9.17) is 9.47 Å². The van der Waals surface area contributed by atoms with Crippen LogP contribution in [0.2, 0.25) is 0 Å². The molecular formula is C23H23N3O2. The zero-order chi connectivity index (χ0) is 19.2. The van der Waals surface area contributed by atoms with Crippen LogP contribution in [0.25, 0.3) is 11.3 Å². The molecule has 5 heteroatoms. The van der Waals surface area contributed by atoms with Gasteiger partial charge in [0.25, 0.3) is 0 Å². The molecule has 28 heavy (non-hydrogen) atoms. The van der Waals surface area contributed by atoms with E-state index < -0.39 is 0 Å². The molecule has 0 aliphatic carbocycles. The summed E-state index contributed by atoms with van der Waals surface area (Å²) >= 11 is 0. The van der Waals surface area contributed by atoms with E-state index >= 15 is 0 Å². The van der Waals surface area contributed by atoms with Crippen molar-refractivity contribution in [2.24, 2.45) is 0 Å². The number of aryl methyl sites for hydroxylation is 1. The van der Waals surface area contributed by atoms with Gasteiger partial charge < -0.3 is 14.8 Å². The molecule has 0 unspecified atom stereocenters. The maximum absolute atomic E-state index is 5.78. The van der Waals surface area contributed by atoms with Gasteiger partial charge in [0.05, 0.1) is 32.1 Å². The van der Waals surface area contributed by atoms with Crippen LogP contribution in [-0.4, -0.2) is 23.2 Å². The van der Waals surface area contributed by atoms with Gasteiger partial charge in [-0.1, -0.05) is 36.4 Å². The minimum Gasteiger partial charge on any atom is -0.373 e. The Hall–Kier alpha value is -3.02. The topological polar surface area (TPSA) is 56.3 Å². The molecule has 0 amide bonds. The largest absolute Gasteiger partial charge is 0.373 e. The number of aromatic nitrogens is 2. The predicted octanol–water partition coefficient (Wildman–Crippen LogP) is 4.80. The van der Waals surface area contributed by atoms with Gasteiger partial charge in [-0.25, -0.2) is 9.97 Å². The van der Waals surface area contributed by atoms with E-state index in [1.54, 1.807) is 6.20 Å². The van der Waals surface area contributed by atoms with Crippen molar-refractivity contribution in [3.63, 3.8) is 0 Å². The van der Waals surface area contributed by atoms with Crippen molar-refractivity contribution in [3.05, 3.63) is 83.6 Å². The van der Waals surface area contributed by atoms with E-state index in [0.29, 0.717) is 32.4 Å². The van der Waals surface area contributed by atoms with Gasteiger partial charge in [0.1, 0.15) is 0 Å². The summed E-state index contributed by atoms with van der Waals surface area (Å²) in [6.45, 7) is 4.31. The fraction of sp³-hybridized carbons (Fsp3) is 0.217. The lowest BCUT2D eigenvalue weighted by Crippen LogP contribution is -2.01. The van der Waals surface area contributed by atoms with Crippen LogP contribution in [0.5, 0.6) is 0 Å². The van der Waals surface area contributed by atoms with Crippen molar-refractivity contribution in [1.82, 2.24) is 9.97 Å². The summed E-state index contributed by atoms with van der Waals surface area (Å²) in [6.07, 6.45) is 5.76. The summed E-state index contributed by atoms with van der Waals surface area (Å²) in [5.74, 6) is 0.568. The third-order valence-electron chi connectivity index (χ3n) is 4.60.